The summed E-state index contributed by atoms with van der Waals surface area (Å²) in [7, 11) is 1.41. The fourth-order valence-electron chi connectivity index (χ4n) is 3.00. The van der Waals surface area contributed by atoms with Gasteiger partial charge in [-0.3, -0.25) is 9.48 Å². The van der Waals surface area contributed by atoms with Crippen molar-refractivity contribution in [2.75, 3.05) is 19.0 Å². The van der Waals surface area contributed by atoms with Crippen LogP contribution in [0.3, 0.4) is 0 Å². The highest BCUT2D eigenvalue weighted by molar-refractivity contribution is 5.91. The number of anilines is 2. The van der Waals surface area contributed by atoms with Crippen LogP contribution in [0.2, 0.25) is 0 Å². The van der Waals surface area contributed by atoms with Gasteiger partial charge in [0.05, 0.1) is 30.6 Å². The van der Waals surface area contributed by atoms with Gasteiger partial charge in [0.2, 0.25) is 5.91 Å². The average Bonchev–Trinajstić information content (AvgIpc) is 3.10. The Labute approximate surface area is 148 Å². The highest BCUT2D eigenvalue weighted by Crippen LogP contribution is 2.29. The Hall–Kier alpha value is -3.23. The normalized spacial score (nSPS) is 17.2. The van der Waals surface area contributed by atoms with Gasteiger partial charge in [-0.15, -0.1) is 0 Å². The highest BCUT2D eigenvalue weighted by Gasteiger charge is 2.20. The first-order chi connectivity index (χ1) is 12.6. The third kappa shape index (κ3) is 3.03. The molecule has 3 aromatic rings. The van der Waals surface area contributed by atoms with Gasteiger partial charge in [0.25, 0.3) is 0 Å². The summed E-state index contributed by atoms with van der Waals surface area (Å²) >= 11 is 0. The van der Waals surface area contributed by atoms with Crippen LogP contribution in [0.15, 0.2) is 30.9 Å². The topological polar surface area (TPSA) is 94.0 Å². The predicted octanol–water partition coefficient (Wildman–Crippen LogP) is 2.17. The maximum atomic E-state index is 13.9. The molecule has 9 heteroatoms. The fourth-order valence-corrected chi connectivity index (χ4v) is 3.00. The fraction of sp³-hybridized carbons (Fsp3) is 0.294. The number of carbonyl (C=O) groups is 1. The van der Waals surface area contributed by atoms with Crippen LogP contribution in [0.4, 0.5) is 15.9 Å². The van der Waals surface area contributed by atoms with E-state index in [0.29, 0.717) is 29.7 Å². The number of nitrogens with zero attached hydrogens (tertiary/aromatic N) is 4. The standard InChI is InChI=1S/C17H17FN6O2/c1-26-15-4-12-14(5-13(15)18)20-9-21-17(12)23-10-6-22-24(8-10)11-2-3-16(25)19-7-11/h4-6,8-9,11H,2-3,7H2,1H3,(H,19,25)(H,20,21,23). The summed E-state index contributed by atoms with van der Waals surface area (Å²) < 4.78 is 20.7. The molecule has 1 aliphatic rings. The van der Waals surface area contributed by atoms with Crippen LogP contribution >= 0.6 is 0 Å². The average molecular weight is 356 g/mol. The molecule has 0 saturated carbocycles. The largest absolute Gasteiger partial charge is 0.494 e. The summed E-state index contributed by atoms with van der Waals surface area (Å²) in [6.07, 6.45) is 6.16. The van der Waals surface area contributed by atoms with Gasteiger partial charge in [0.15, 0.2) is 11.6 Å². The molecule has 1 aliphatic heterocycles. The molecule has 1 aromatic carbocycles. The van der Waals surface area contributed by atoms with Crippen molar-refractivity contribution in [3.63, 3.8) is 0 Å². The molecular formula is C17H17FN6O2. The van der Waals surface area contributed by atoms with E-state index in [0.717, 1.165) is 12.1 Å². The summed E-state index contributed by atoms with van der Waals surface area (Å²) in [5, 5.41) is 11.0. The molecule has 2 N–H and O–H groups in total. The van der Waals surface area contributed by atoms with E-state index in [1.165, 1.54) is 19.5 Å². The minimum atomic E-state index is -0.475. The van der Waals surface area contributed by atoms with Crippen LogP contribution in [0.25, 0.3) is 10.9 Å². The predicted molar refractivity (Wildman–Crippen MR) is 92.8 cm³/mol. The van der Waals surface area contributed by atoms with E-state index in [9.17, 15) is 9.18 Å². The number of hydrogen-bond donors (Lipinski definition) is 2. The molecule has 4 rings (SSSR count). The van der Waals surface area contributed by atoms with E-state index in [-0.39, 0.29) is 17.7 Å². The van der Waals surface area contributed by atoms with E-state index in [1.54, 1.807) is 12.3 Å². The minimum Gasteiger partial charge on any atom is -0.494 e. The van der Waals surface area contributed by atoms with Gasteiger partial charge in [-0.1, -0.05) is 0 Å². The number of carbonyl (C=O) groups excluding carboxylic acids is 1. The number of methoxy groups -OCH3 is 1. The number of halogens is 1. The van der Waals surface area contributed by atoms with Gasteiger partial charge >= 0.3 is 0 Å². The molecule has 3 heterocycles. The summed E-state index contributed by atoms with van der Waals surface area (Å²) in [6.45, 7) is 0.562. The van der Waals surface area contributed by atoms with Gasteiger partial charge in [0.1, 0.15) is 12.1 Å². The molecule has 1 fully saturated rings. The van der Waals surface area contributed by atoms with Crippen LogP contribution in [0.1, 0.15) is 18.9 Å². The smallest absolute Gasteiger partial charge is 0.220 e. The molecule has 1 unspecified atom stereocenters. The number of piperidine rings is 1. The number of ether oxygens (including phenoxy) is 1. The van der Waals surface area contributed by atoms with Crippen LogP contribution in [0, 0.1) is 5.82 Å². The van der Waals surface area contributed by atoms with Crippen molar-refractivity contribution >= 4 is 28.3 Å². The first kappa shape index (κ1) is 16.2. The molecule has 0 bridgehead atoms. The second-order valence-corrected chi connectivity index (χ2v) is 6.06. The number of amides is 1. The zero-order valence-corrected chi connectivity index (χ0v) is 14.1. The molecular weight excluding hydrogens is 339 g/mol. The van der Waals surface area contributed by atoms with E-state index >= 15 is 0 Å². The van der Waals surface area contributed by atoms with Gasteiger partial charge in [-0.05, 0) is 12.5 Å². The molecule has 1 amide bonds. The van der Waals surface area contributed by atoms with Crippen LogP contribution in [-0.2, 0) is 4.79 Å². The van der Waals surface area contributed by atoms with E-state index < -0.39 is 5.82 Å². The molecule has 8 nitrogen and oxygen atoms in total. The molecule has 134 valence electrons. The van der Waals surface area contributed by atoms with Crippen molar-refractivity contribution in [2.45, 2.75) is 18.9 Å². The Kier molecular flexibility index (Phi) is 4.11. The Morgan fingerprint density at radius 1 is 1.38 bits per heavy atom. The quantitative estimate of drug-likeness (QED) is 0.744. The summed E-state index contributed by atoms with van der Waals surface area (Å²) in [6, 6.07) is 3.00. The maximum absolute atomic E-state index is 13.9. The zero-order chi connectivity index (χ0) is 18.1. The summed E-state index contributed by atoms with van der Waals surface area (Å²) in [5.41, 5.74) is 1.22. The van der Waals surface area contributed by atoms with E-state index in [2.05, 4.69) is 25.7 Å². The van der Waals surface area contributed by atoms with Crippen molar-refractivity contribution in [3.8, 4) is 5.75 Å². The SMILES string of the molecule is COc1cc2c(Nc3cnn(C4CCC(=O)NC4)c3)ncnc2cc1F. The van der Waals surface area contributed by atoms with Crippen molar-refractivity contribution in [1.29, 1.82) is 0 Å². The van der Waals surface area contributed by atoms with E-state index in [4.69, 9.17) is 4.74 Å². The lowest BCUT2D eigenvalue weighted by atomic mass is 10.1. The lowest BCUT2D eigenvalue weighted by molar-refractivity contribution is -0.122. The molecule has 0 aliphatic carbocycles. The molecule has 1 atom stereocenters. The number of benzene rings is 1. The number of hydrogen-bond acceptors (Lipinski definition) is 6. The van der Waals surface area contributed by atoms with Crippen molar-refractivity contribution in [2.24, 2.45) is 0 Å². The second-order valence-electron chi connectivity index (χ2n) is 6.06. The first-order valence-electron chi connectivity index (χ1n) is 8.20. The monoisotopic (exact) mass is 356 g/mol. The van der Waals surface area contributed by atoms with Gasteiger partial charge in [-0.2, -0.15) is 5.10 Å². The number of rotatable bonds is 4. The molecule has 26 heavy (non-hydrogen) atoms. The van der Waals surface area contributed by atoms with Gasteiger partial charge in [0, 0.05) is 30.6 Å². The van der Waals surface area contributed by atoms with Crippen molar-refractivity contribution in [1.82, 2.24) is 25.1 Å². The minimum absolute atomic E-state index is 0.0698. The Morgan fingerprint density at radius 3 is 3.04 bits per heavy atom. The van der Waals surface area contributed by atoms with Crippen molar-refractivity contribution in [3.05, 3.63) is 36.7 Å². The number of fused-ring (bicyclic) bond motifs is 1. The Morgan fingerprint density at radius 2 is 2.27 bits per heavy atom. The lowest BCUT2D eigenvalue weighted by Crippen LogP contribution is -2.36. The third-order valence-electron chi connectivity index (χ3n) is 4.39. The van der Waals surface area contributed by atoms with Crippen LogP contribution in [-0.4, -0.2) is 39.3 Å². The summed E-state index contributed by atoms with van der Waals surface area (Å²) in [4.78, 5) is 19.6. The molecule has 2 aromatic heterocycles. The molecule has 1 saturated heterocycles. The zero-order valence-electron chi connectivity index (χ0n) is 14.1. The Bertz CT molecular complexity index is 963. The van der Waals surface area contributed by atoms with Crippen LogP contribution < -0.4 is 15.4 Å². The first-order valence-corrected chi connectivity index (χ1v) is 8.20. The molecule has 0 radical (unpaired) electrons. The number of aromatic nitrogens is 4. The van der Waals surface area contributed by atoms with Gasteiger partial charge in [-0.25, -0.2) is 14.4 Å². The third-order valence-corrected chi connectivity index (χ3v) is 4.39. The second kappa shape index (κ2) is 6.58. The van der Waals surface area contributed by atoms with Gasteiger partial charge < -0.3 is 15.4 Å². The van der Waals surface area contributed by atoms with Crippen molar-refractivity contribution < 1.29 is 13.9 Å². The van der Waals surface area contributed by atoms with Crippen LogP contribution in [0.5, 0.6) is 5.75 Å². The highest BCUT2D eigenvalue weighted by atomic mass is 19.1. The Balaban J connectivity index is 1.60. The number of nitrogens with one attached hydrogen (secondary N) is 2. The summed E-state index contributed by atoms with van der Waals surface area (Å²) in [5.74, 6) is 0.256. The lowest BCUT2D eigenvalue weighted by Gasteiger charge is -2.22. The molecule has 0 spiro atoms. The van der Waals surface area contributed by atoms with E-state index in [1.807, 2.05) is 10.9 Å². The maximum Gasteiger partial charge on any atom is 0.220 e.